The average Bonchev–Trinajstić information content (AvgIpc) is 2.76. The molecule has 2 rings (SSSR count). The molecule has 1 aromatic carbocycles. The van der Waals surface area contributed by atoms with Crippen molar-refractivity contribution in [2.75, 3.05) is 6.61 Å². The Balaban J connectivity index is 2.40. The normalized spacial score (nSPS) is 11.6. The zero-order valence-corrected chi connectivity index (χ0v) is 12.0. The Kier molecular flexibility index (Phi) is 4.56. The van der Waals surface area contributed by atoms with Crippen molar-refractivity contribution in [2.24, 2.45) is 5.73 Å². The first kappa shape index (κ1) is 14.0. The summed E-state index contributed by atoms with van der Waals surface area (Å²) < 4.78 is 7.88. The highest BCUT2D eigenvalue weighted by molar-refractivity contribution is 5.77. The lowest BCUT2D eigenvalue weighted by atomic mass is 10.2. The lowest BCUT2D eigenvalue weighted by molar-refractivity contribution is 0.113. The van der Waals surface area contributed by atoms with Crippen LogP contribution in [0.4, 0.5) is 0 Å². The summed E-state index contributed by atoms with van der Waals surface area (Å²) in [5.41, 5.74) is 8.96. The number of nitrogens with two attached hydrogens (primary N) is 1. The van der Waals surface area contributed by atoms with Gasteiger partial charge in [0.15, 0.2) is 0 Å². The van der Waals surface area contributed by atoms with Crippen LogP contribution in [0.15, 0.2) is 18.2 Å². The SMILES string of the molecule is CCCOCc1nc2cc(CN)ccc2n1C(C)C. The molecule has 2 N–H and O–H groups in total. The molecule has 0 amide bonds. The molecule has 0 spiro atoms. The fourth-order valence-corrected chi connectivity index (χ4v) is 2.31. The van der Waals surface area contributed by atoms with Gasteiger partial charge < -0.3 is 15.0 Å². The Hall–Kier alpha value is -1.39. The van der Waals surface area contributed by atoms with Crippen LogP contribution < -0.4 is 5.73 Å². The third-order valence-electron chi connectivity index (χ3n) is 3.16. The Morgan fingerprint density at radius 1 is 1.37 bits per heavy atom. The fourth-order valence-electron chi connectivity index (χ4n) is 2.31. The van der Waals surface area contributed by atoms with Crippen molar-refractivity contribution >= 4 is 11.0 Å². The molecule has 0 saturated carbocycles. The van der Waals surface area contributed by atoms with E-state index in [1.54, 1.807) is 0 Å². The molecular weight excluding hydrogens is 238 g/mol. The van der Waals surface area contributed by atoms with Crippen molar-refractivity contribution < 1.29 is 4.74 Å². The van der Waals surface area contributed by atoms with Gasteiger partial charge in [0.25, 0.3) is 0 Å². The molecule has 0 aliphatic heterocycles. The van der Waals surface area contributed by atoms with Crippen molar-refractivity contribution in [2.45, 2.75) is 46.4 Å². The van der Waals surface area contributed by atoms with Crippen LogP contribution >= 0.6 is 0 Å². The summed E-state index contributed by atoms with van der Waals surface area (Å²) in [6.07, 6.45) is 1.03. The summed E-state index contributed by atoms with van der Waals surface area (Å²) in [7, 11) is 0. The van der Waals surface area contributed by atoms with E-state index in [0.717, 1.165) is 35.4 Å². The molecule has 0 unspecified atom stereocenters. The van der Waals surface area contributed by atoms with Crippen molar-refractivity contribution in [1.29, 1.82) is 0 Å². The van der Waals surface area contributed by atoms with Gasteiger partial charge in [0.05, 0.1) is 11.0 Å². The van der Waals surface area contributed by atoms with Crippen LogP contribution in [0, 0.1) is 0 Å². The average molecular weight is 261 g/mol. The number of benzene rings is 1. The molecule has 2 aromatic rings. The highest BCUT2D eigenvalue weighted by Crippen LogP contribution is 2.22. The highest BCUT2D eigenvalue weighted by atomic mass is 16.5. The van der Waals surface area contributed by atoms with Gasteiger partial charge in [0.2, 0.25) is 0 Å². The van der Waals surface area contributed by atoms with Gasteiger partial charge in [-0.2, -0.15) is 0 Å². The molecule has 0 fully saturated rings. The zero-order chi connectivity index (χ0) is 13.8. The van der Waals surface area contributed by atoms with E-state index >= 15 is 0 Å². The van der Waals surface area contributed by atoms with Crippen LogP contribution in [-0.4, -0.2) is 16.2 Å². The molecule has 0 atom stereocenters. The van der Waals surface area contributed by atoms with Crippen molar-refractivity contribution in [1.82, 2.24) is 9.55 Å². The van der Waals surface area contributed by atoms with Crippen LogP contribution in [0.2, 0.25) is 0 Å². The lowest BCUT2D eigenvalue weighted by Crippen LogP contribution is -2.08. The Morgan fingerprint density at radius 2 is 2.16 bits per heavy atom. The summed E-state index contributed by atoms with van der Waals surface area (Å²) in [6, 6.07) is 6.61. The number of aromatic nitrogens is 2. The largest absolute Gasteiger partial charge is 0.374 e. The molecule has 1 heterocycles. The maximum absolute atomic E-state index is 5.68. The second-order valence-electron chi connectivity index (χ2n) is 5.07. The second-order valence-corrected chi connectivity index (χ2v) is 5.07. The summed E-state index contributed by atoms with van der Waals surface area (Å²) >= 11 is 0. The predicted molar refractivity (Wildman–Crippen MR) is 78.0 cm³/mol. The standard InChI is InChI=1S/C15H23N3O/c1-4-7-19-10-15-17-13-8-12(9-16)5-6-14(13)18(15)11(2)3/h5-6,8,11H,4,7,9-10,16H2,1-3H3. The smallest absolute Gasteiger partial charge is 0.136 e. The molecule has 104 valence electrons. The lowest BCUT2D eigenvalue weighted by Gasteiger charge is -2.13. The van der Waals surface area contributed by atoms with Crippen LogP contribution in [0.1, 0.15) is 44.6 Å². The number of rotatable bonds is 6. The van der Waals surface area contributed by atoms with E-state index in [-0.39, 0.29) is 0 Å². The zero-order valence-electron chi connectivity index (χ0n) is 12.0. The molecule has 19 heavy (non-hydrogen) atoms. The summed E-state index contributed by atoms with van der Waals surface area (Å²) in [5.74, 6) is 0.993. The third-order valence-corrected chi connectivity index (χ3v) is 3.16. The molecule has 0 aliphatic carbocycles. The monoisotopic (exact) mass is 261 g/mol. The van der Waals surface area contributed by atoms with Gasteiger partial charge in [0, 0.05) is 19.2 Å². The number of ether oxygens (including phenoxy) is 1. The number of hydrogen-bond donors (Lipinski definition) is 1. The van der Waals surface area contributed by atoms with E-state index in [4.69, 9.17) is 15.5 Å². The van der Waals surface area contributed by atoms with E-state index in [1.807, 2.05) is 0 Å². The van der Waals surface area contributed by atoms with Gasteiger partial charge in [0.1, 0.15) is 12.4 Å². The van der Waals surface area contributed by atoms with Crippen LogP contribution in [-0.2, 0) is 17.9 Å². The van der Waals surface area contributed by atoms with Gasteiger partial charge in [-0.05, 0) is 38.0 Å². The first-order valence-corrected chi connectivity index (χ1v) is 6.95. The first-order valence-electron chi connectivity index (χ1n) is 6.95. The van der Waals surface area contributed by atoms with Crippen molar-refractivity contribution in [3.8, 4) is 0 Å². The molecule has 0 bridgehead atoms. The number of nitrogens with zero attached hydrogens (tertiary/aromatic N) is 2. The maximum Gasteiger partial charge on any atom is 0.136 e. The van der Waals surface area contributed by atoms with Crippen LogP contribution in [0.3, 0.4) is 0 Å². The van der Waals surface area contributed by atoms with Crippen LogP contribution in [0.25, 0.3) is 11.0 Å². The minimum atomic E-state index is 0.369. The molecule has 0 radical (unpaired) electrons. The number of fused-ring (bicyclic) bond motifs is 1. The highest BCUT2D eigenvalue weighted by Gasteiger charge is 2.13. The maximum atomic E-state index is 5.68. The quantitative estimate of drug-likeness (QED) is 0.813. The molecule has 4 heteroatoms. The van der Waals surface area contributed by atoms with E-state index in [2.05, 4.69) is 43.5 Å². The fraction of sp³-hybridized carbons (Fsp3) is 0.533. The predicted octanol–water partition coefficient (Wildman–Crippen LogP) is 3.00. The van der Waals surface area contributed by atoms with E-state index in [0.29, 0.717) is 19.2 Å². The first-order chi connectivity index (χ1) is 9.17. The topological polar surface area (TPSA) is 53.1 Å². The molecule has 0 saturated heterocycles. The van der Waals surface area contributed by atoms with Gasteiger partial charge in [-0.25, -0.2) is 4.98 Å². The van der Waals surface area contributed by atoms with Crippen molar-refractivity contribution in [3.63, 3.8) is 0 Å². The van der Waals surface area contributed by atoms with Gasteiger partial charge in [-0.1, -0.05) is 13.0 Å². The molecule has 4 nitrogen and oxygen atoms in total. The summed E-state index contributed by atoms with van der Waals surface area (Å²) in [4.78, 5) is 4.70. The molecule has 0 aliphatic rings. The summed E-state index contributed by atoms with van der Waals surface area (Å²) in [6.45, 7) is 8.33. The van der Waals surface area contributed by atoms with E-state index in [9.17, 15) is 0 Å². The second kappa shape index (κ2) is 6.17. The third kappa shape index (κ3) is 2.96. The van der Waals surface area contributed by atoms with Crippen molar-refractivity contribution in [3.05, 3.63) is 29.6 Å². The summed E-state index contributed by atoms with van der Waals surface area (Å²) in [5, 5.41) is 0. The Labute approximate surface area is 114 Å². The number of hydrogen-bond acceptors (Lipinski definition) is 3. The van der Waals surface area contributed by atoms with Gasteiger partial charge in [-0.15, -0.1) is 0 Å². The van der Waals surface area contributed by atoms with Gasteiger partial charge in [-0.3, -0.25) is 0 Å². The molecular formula is C15H23N3O. The van der Waals surface area contributed by atoms with E-state index in [1.165, 1.54) is 0 Å². The van der Waals surface area contributed by atoms with Gasteiger partial charge >= 0.3 is 0 Å². The van der Waals surface area contributed by atoms with E-state index < -0.39 is 0 Å². The number of imidazole rings is 1. The minimum Gasteiger partial charge on any atom is -0.374 e. The Morgan fingerprint density at radius 3 is 2.79 bits per heavy atom. The minimum absolute atomic E-state index is 0.369. The van der Waals surface area contributed by atoms with Crippen LogP contribution in [0.5, 0.6) is 0 Å². The Bertz CT molecular complexity index is 546. The molecule has 1 aromatic heterocycles.